The van der Waals surface area contributed by atoms with Crippen LogP contribution < -0.4 is 0 Å². The molecule has 3 heterocycles. The first kappa shape index (κ1) is 32.9. The fourth-order valence-corrected chi connectivity index (χ4v) is 7.74. The number of ether oxygens (including phenoxy) is 1. The normalized spacial score (nSPS) is 29.0. The Labute approximate surface area is 257 Å². The molecule has 8 heteroatoms. The molecule has 0 aromatic heterocycles. The molecule has 3 fully saturated rings. The van der Waals surface area contributed by atoms with E-state index in [9.17, 15) is 19.5 Å². The SMILES string of the molecule is C=CCN(CCCC)C(=O)C1N(CCCCCCO)C(=O)[C@@H]2[C@H](C(=O)N(CC=C)Cc3ccccc3)[C@@]3(C)OC12CC3C. The summed E-state index contributed by atoms with van der Waals surface area (Å²) in [6, 6.07) is 9.04. The Morgan fingerprint density at radius 1 is 1.05 bits per heavy atom. The molecule has 0 radical (unpaired) electrons. The average molecular weight is 594 g/mol. The van der Waals surface area contributed by atoms with Gasteiger partial charge in [0.05, 0.1) is 17.4 Å². The topological polar surface area (TPSA) is 90.4 Å². The summed E-state index contributed by atoms with van der Waals surface area (Å²) < 4.78 is 6.97. The highest BCUT2D eigenvalue weighted by Crippen LogP contribution is 2.65. The summed E-state index contributed by atoms with van der Waals surface area (Å²) in [4.78, 5) is 48.9. The van der Waals surface area contributed by atoms with Crippen LogP contribution in [0.2, 0.25) is 0 Å². The molecule has 1 aromatic carbocycles. The van der Waals surface area contributed by atoms with Crippen molar-refractivity contribution in [3.63, 3.8) is 0 Å². The van der Waals surface area contributed by atoms with Crippen LogP contribution in [0.15, 0.2) is 55.6 Å². The van der Waals surface area contributed by atoms with Crippen molar-refractivity contribution >= 4 is 17.7 Å². The third-order valence-electron chi connectivity index (χ3n) is 9.94. The van der Waals surface area contributed by atoms with E-state index in [1.165, 1.54) is 0 Å². The van der Waals surface area contributed by atoms with Gasteiger partial charge in [0.2, 0.25) is 17.7 Å². The molecule has 0 saturated carbocycles. The monoisotopic (exact) mass is 593 g/mol. The Kier molecular flexibility index (Phi) is 10.9. The Balaban J connectivity index is 1.73. The summed E-state index contributed by atoms with van der Waals surface area (Å²) in [5, 5.41) is 9.22. The number of hydrogen-bond donors (Lipinski definition) is 1. The number of carbonyl (C=O) groups is 3. The predicted molar refractivity (Wildman–Crippen MR) is 168 cm³/mol. The number of rotatable bonds is 17. The molecule has 1 aromatic rings. The molecule has 236 valence electrons. The number of nitrogens with zero attached hydrogens (tertiary/aromatic N) is 3. The summed E-state index contributed by atoms with van der Waals surface area (Å²) in [7, 11) is 0. The maximum Gasteiger partial charge on any atom is 0.248 e. The summed E-state index contributed by atoms with van der Waals surface area (Å²) in [6.45, 7) is 16.2. The van der Waals surface area contributed by atoms with Gasteiger partial charge in [-0.3, -0.25) is 14.4 Å². The van der Waals surface area contributed by atoms with Gasteiger partial charge < -0.3 is 24.5 Å². The van der Waals surface area contributed by atoms with Gasteiger partial charge in [-0.15, -0.1) is 13.2 Å². The van der Waals surface area contributed by atoms with E-state index in [2.05, 4.69) is 27.0 Å². The Morgan fingerprint density at radius 2 is 1.72 bits per heavy atom. The van der Waals surface area contributed by atoms with Crippen molar-refractivity contribution in [1.82, 2.24) is 14.7 Å². The Bertz CT molecular complexity index is 1160. The van der Waals surface area contributed by atoms with E-state index in [1.807, 2.05) is 42.2 Å². The lowest BCUT2D eigenvalue weighted by atomic mass is 9.62. The number of amides is 3. The number of fused-ring (bicyclic) bond motifs is 1. The Hall–Kier alpha value is -2.97. The van der Waals surface area contributed by atoms with Gasteiger partial charge in [-0.25, -0.2) is 0 Å². The van der Waals surface area contributed by atoms with Crippen molar-refractivity contribution in [2.75, 3.05) is 32.8 Å². The quantitative estimate of drug-likeness (QED) is 0.211. The summed E-state index contributed by atoms with van der Waals surface area (Å²) in [5.74, 6) is -1.84. The molecule has 1 N–H and O–H groups in total. The summed E-state index contributed by atoms with van der Waals surface area (Å²) in [6.07, 6.45) is 8.93. The molecular weight excluding hydrogens is 542 g/mol. The van der Waals surface area contributed by atoms with E-state index in [0.717, 1.165) is 37.7 Å². The van der Waals surface area contributed by atoms with Crippen LogP contribution >= 0.6 is 0 Å². The van der Waals surface area contributed by atoms with Crippen molar-refractivity contribution in [2.45, 2.75) is 89.5 Å². The first-order valence-corrected chi connectivity index (χ1v) is 16.1. The van der Waals surface area contributed by atoms with Gasteiger partial charge in [-0.2, -0.15) is 0 Å². The minimum atomic E-state index is -1.06. The largest absolute Gasteiger partial charge is 0.396 e. The fraction of sp³-hybridized carbons (Fsp3) is 0.629. The average Bonchev–Trinajstić information content (AvgIpc) is 3.51. The van der Waals surface area contributed by atoms with E-state index in [-0.39, 0.29) is 30.2 Å². The maximum absolute atomic E-state index is 14.6. The molecule has 3 aliphatic heterocycles. The highest BCUT2D eigenvalue weighted by molar-refractivity contribution is 5.99. The number of likely N-dealkylation sites (tertiary alicyclic amines) is 1. The van der Waals surface area contributed by atoms with Crippen LogP contribution in [0.1, 0.15) is 71.3 Å². The van der Waals surface area contributed by atoms with Crippen molar-refractivity contribution < 1.29 is 24.2 Å². The summed E-state index contributed by atoms with van der Waals surface area (Å²) in [5.41, 5.74) is -0.932. The lowest BCUT2D eigenvalue weighted by Gasteiger charge is -2.39. The van der Waals surface area contributed by atoms with E-state index < -0.39 is 29.1 Å². The first-order valence-electron chi connectivity index (χ1n) is 16.1. The molecule has 3 unspecified atom stereocenters. The standard InChI is InChI=1S/C35H51N3O5/c1-6-9-21-36(19-7-2)33(42)30-35-24-26(4)34(5,43-35)28(29(35)32(41)38(30)22-15-10-11-16-23-39)31(40)37(20-8-3)25-27-17-13-12-14-18-27/h7-8,12-14,17-18,26,28-30,39H,2-3,6,9-11,15-16,19-25H2,1,4-5H3/t26?,28-,29+,30?,34+,35?/m1/s1. The van der Waals surface area contributed by atoms with Crippen LogP contribution in [-0.2, 0) is 25.7 Å². The number of benzene rings is 1. The smallest absolute Gasteiger partial charge is 0.248 e. The van der Waals surface area contributed by atoms with Crippen molar-refractivity contribution in [3.05, 3.63) is 61.2 Å². The van der Waals surface area contributed by atoms with Gasteiger partial charge in [0.1, 0.15) is 11.6 Å². The zero-order valence-electron chi connectivity index (χ0n) is 26.4. The fourth-order valence-electron chi connectivity index (χ4n) is 7.74. The van der Waals surface area contributed by atoms with Gasteiger partial charge in [0, 0.05) is 39.3 Å². The zero-order valence-corrected chi connectivity index (χ0v) is 26.4. The van der Waals surface area contributed by atoms with E-state index in [1.54, 1.807) is 22.0 Å². The number of aliphatic hydroxyl groups is 1. The van der Waals surface area contributed by atoms with Crippen molar-refractivity contribution in [2.24, 2.45) is 17.8 Å². The van der Waals surface area contributed by atoms with Gasteiger partial charge in [0.15, 0.2) is 0 Å². The van der Waals surface area contributed by atoms with Crippen molar-refractivity contribution in [1.29, 1.82) is 0 Å². The van der Waals surface area contributed by atoms with Crippen LogP contribution in [0.25, 0.3) is 0 Å². The van der Waals surface area contributed by atoms with E-state index >= 15 is 0 Å². The van der Waals surface area contributed by atoms with Gasteiger partial charge in [-0.1, -0.05) is 75.6 Å². The van der Waals surface area contributed by atoms with Crippen LogP contribution in [0.3, 0.4) is 0 Å². The number of aliphatic hydroxyl groups excluding tert-OH is 1. The van der Waals surface area contributed by atoms with Gasteiger partial charge >= 0.3 is 0 Å². The van der Waals surface area contributed by atoms with Gasteiger partial charge in [0.25, 0.3) is 0 Å². The molecule has 0 aliphatic carbocycles. The molecule has 3 amide bonds. The molecule has 43 heavy (non-hydrogen) atoms. The first-order chi connectivity index (χ1) is 20.7. The molecule has 2 bridgehead atoms. The lowest BCUT2D eigenvalue weighted by molar-refractivity contribution is -0.155. The molecule has 6 atom stereocenters. The second-order valence-electron chi connectivity index (χ2n) is 12.8. The number of hydrogen-bond acceptors (Lipinski definition) is 5. The van der Waals surface area contributed by atoms with E-state index in [0.29, 0.717) is 45.6 Å². The highest BCUT2D eigenvalue weighted by atomic mass is 16.5. The lowest BCUT2D eigenvalue weighted by Crippen LogP contribution is -2.57. The molecule has 3 saturated heterocycles. The summed E-state index contributed by atoms with van der Waals surface area (Å²) >= 11 is 0. The maximum atomic E-state index is 14.6. The number of unbranched alkanes of at least 4 members (excludes halogenated alkanes) is 4. The minimum absolute atomic E-state index is 0.0175. The van der Waals surface area contributed by atoms with Crippen LogP contribution in [0.4, 0.5) is 0 Å². The van der Waals surface area contributed by atoms with Crippen LogP contribution in [-0.4, -0.2) is 87.6 Å². The Morgan fingerprint density at radius 3 is 2.37 bits per heavy atom. The number of carbonyl (C=O) groups excluding carboxylic acids is 3. The third kappa shape index (κ3) is 6.18. The molecular formula is C35H51N3O5. The van der Waals surface area contributed by atoms with Gasteiger partial charge in [-0.05, 0) is 44.1 Å². The molecule has 1 spiro atoms. The molecule has 3 aliphatic rings. The second kappa shape index (κ2) is 14.2. The zero-order chi connectivity index (χ0) is 31.2. The van der Waals surface area contributed by atoms with Crippen molar-refractivity contribution in [3.8, 4) is 0 Å². The van der Waals surface area contributed by atoms with E-state index in [4.69, 9.17) is 4.74 Å². The van der Waals surface area contributed by atoms with Crippen LogP contribution in [0.5, 0.6) is 0 Å². The highest BCUT2D eigenvalue weighted by Gasteiger charge is 2.80. The second-order valence-corrected chi connectivity index (χ2v) is 12.8. The predicted octanol–water partition coefficient (Wildman–Crippen LogP) is 4.58. The minimum Gasteiger partial charge on any atom is -0.396 e. The van der Waals surface area contributed by atoms with Crippen LogP contribution in [0, 0.1) is 17.8 Å². The third-order valence-corrected chi connectivity index (χ3v) is 9.94. The molecule has 4 rings (SSSR count). The molecule has 8 nitrogen and oxygen atoms in total.